The highest BCUT2D eigenvalue weighted by molar-refractivity contribution is 6.30. The predicted octanol–water partition coefficient (Wildman–Crippen LogP) is 5.00. The van der Waals surface area contributed by atoms with E-state index in [0.29, 0.717) is 11.4 Å². The van der Waals surface area contributed by atoms with Gasteiger partial charge in [0.2, 0.25) is 0 Å². The Bertz CT molecular complexity index is 886. The van der Waals surface area contributed by atoms with Crippen molar-refractivity contribution in [2.45, 2.75) is 25.7 Å². The van der Waals surface area contributed by atoms with Gasteiger partial charge < -0.3 is 5.32 Å². The highest BCUT2D eigenvalue weighted by Gasteiger charge is 2.20. The maximum absolute atomic E-state index is 13.2. The first-order valence-electron chi connectivity index (χ1n) is 8.56. The Morgan fingerprint density at radius 3 is 2.76 bits per heavy atom. The van der Waals surface area contributed by atoms with E-state index in [4.69, 9.17) is 16.7 Å². The molecule has 128 valence electrons. The lowest BCUT2D eigenvalue weighted by Crippen LogP contribution is -2.07. The molecule has 2 aromatic carbocycles. The molecule has 0 radical (unpaired) electrons. The molecule has 3 nitrogen and oxygen atoms in total. The number of nitrogens with zero attached hydrogens (tertiary/aromatic N) is 2. The monoisotopic (exact) mass is 355 g/mol. The molecule has 4 rings (SSSR count). The zero-order valence-corrected chi connectivity index (χ0v) is 14.6. The number of hydrogen-bond donors (Lipinski definition) is 1. The molecule has 0 spiro atoms. The molecule has 1 N–H and O–H groups in total. The van der Waals surface area contributed by atoms with Crippen LogP contribution in [0.15, 0.2) is 48.5 Å². The minimum atomic E-state index is -0.214. The zero-order valence-electron chi connectivity index (χ0n) is 13.8. The van der Waals surface area contributed by atoms with Gasteiger partial charge in [-0.25, -0.2) is 9.07 Å². The summed E-state index contributed by atoms with van der Waals surface area (Å²) >= 11 is 6.16. The number of hydrogen-bond acceptors (Lipinski definition) is 2. The van der Waals surface area contributed by atoms with Crippen LogP contribution >= 0.6 is 11.6 Å². The summed E-state index contributed by atoms with van der Waals surface area (Å²) in [7, 11) is 0. The van der Waals surface area contributed by atoms with Crippen LogP contribution in [0.25, 0.3) is 5.69 Å². The fourth-order valence-electron chi connectivity index (χ4n) is 3.31. The first-order chi connectivity index (χ1) is 12.2. The molecule has 3 aromatic rings. The highest BCUT2D eigenvalue weighted by Crippen LogP contribution is 2.30. The van der Waals surface area contributed by atoms with Gasteiger partial charge in [0, 0.05) is 23.6 Å². The molecule has 25 heavy (non-hydrogen) atoms. The van der Waals surface area contributed by atoms with E-state index in [1.54, 1.807) is 0 Å². The van der Waals surface area contributed by atoms with E-state index in [0.717, 1.165) is 48.6 Å². The average Bonchev–Trinajstić information content (AvgIpc) is 2.79. The van der Waals surface area contributed by atoms with Gasteiger partial charge >= 0.3 is 0 Å². The summed E-state index contributed by atoms with van der Waals surface area (Å²) < 4.78 is 15.1. The number of fused-ring (bicyclic) bond motifs is 1. The number of rotatable bonds is 3. The Morgan fingerprint density at radius 1 is 1.12 bits per heavy atom. The standard InChI is InChI=1S/C20H19ClFN3/c21-15-4-3-5-17(13-15)25-20-18(6-1-2-11-23-20)19(24-25)12-14-7-9-16(22)10-8-14/h3-5,7-10,13,23H,1-2,6,11-12H2. The van der Waals surface area contributed by atoms with Gasteiger partial charge in [-0.15, -0.1) is 0 Å². The highest BCUT2D eigenvalue weighted by atomic mass is 35.5. The minimum Gasteiger partial charge on any atom is -0.370 e. The van der Waals surface area contributed by atoms with Gasteiger partial charge in [0.15, 0.2) is 0 Å². The summed E-state index contributed by atoms with van der Waals surface area (Å²) in [5, 5.41) is 9.08. The lowest BCUT2D eigenvalue weighted by Gasteiger charge is -2.09. The smallest absolute Gasteiger partial charge is 0.133 e. The second-order valence-electron chi connectivity index (χ2n) is 6.35. The molecular formula is C20H19ClFN3. The maximum Gasteiger partial charge on any atom is 0.133 e. The van der Waals surface area contributed by atoms with Crippen LogP contribution in [0, 0.1) is 5.82 Å². The van der Waals surface area contributed by atoms with Crippen LogP contribution < -0.4 is 5.32 Å². The number of nitrogens with one attached hydrogen (secondary N) is 1. The van der Waals surface area contributed by atoms with Crippen LogP contribution in [0.3, 0.4) is 0 Å². The molecule has 5 heteroatoms. The van der Waals surface area contributed by atoms with Crippen LogP contribution in [-0.2, 0) is 12.8 Å². The van der Waals surface area contributed by atoms with Crippen molar-refractivity contribution in [1.82, 2.24) is 9.78 Å². The number of anilines is 1. The molecule has 1 aliphatic rings. The van der Waals surface area contributed by atoms with E-state index in [-0.39, 0.29) is 5.82 Å². The van der Waals surface area contributed by atoms with Gasteiger partial charge in [-0.1, -0.05) is 29.8 Å². The van der Waals surface area contributed by atoms with Crippen molar-refractivity contribution in [3.05, 3.63) is 76.2 Å². The summed E-state index contributed by atoms with van der Waals surface area (Å²) in [6.07, 6.45) is 3.97. The van der Waals surface area contributed by atoms with Crippen molar-refractivity contribution in [2.24, 2.45) is 0 Å². The second kappa shape index (κ2) is 6.89. The molecule has 0 saturated carbocycles. The van der Waals surface area contributed by atoms with Gasteiger partial charge in [0.05, 0.1) is 11.4 Å². The van der Waals surface area contributed by atoms with Crippen molar-refractivity contribution in [3.63, 3.8) is 0 Å². The Morgan fingerprint density at radius 2 is 1.96 bits per heavy atom. The third-order valence-corrected chi connectivity index (χ3v) is 4.79. The Balaban J connectivity index is 1.77. The molecule has 1 aromatic heterocycles. The van der Waals surface area contributed by atoms with E-state index >= 15 is 0 Å². The summed E-state index contributed by atoms with van der Waals surface area (Å²) in [4.78, 5) is 0. The molecule has 0 aliphatic carbocycles. The number of aromatic nitrogens is 2. The SMILES string of the molecule is Fc1ccc(Cc2nn(-c3cccc(Cl)c3)c3c2CCCCN3)cc1. The summed E-state index contributed by atoms with van der Waals surface area (Å²) in [6, 6.07) is 14.4. The van der Waals surface area contributed by atoms with Gasteiger partial charge in [-0.05, 0) is 55.2 Å². The van der Waals surface area contributed by atoms with Gasteiger partial charge in [-0.2, -0.15) is 5.10 Å². The molecule has 0 amide bonds. The first-order valence-corrected chi connectivity index (χ1v) is 8.93. The summed E-state index contributed by atoms with van der Waals surface area (Å²) in [5.74, 6) is 0.839. The number of benzene rings is 2. The minimum absolute atomic E-state index is 0.214. The van der Waals surface area contributed by atoms with Crippen molar-refractivity contribution in [1.29, 1.82) is 0 Å². The molecule has 0 unspecified atom stereocenters. The van der Waals surface area contributed by atoms with E-state index < -0.39 is 0 Å². The van der Waals surface area contributed by atoms with Crippen LogP contribution in [0.1, 0.15) is 29.7 Å². The van der Waals surface area contributed by atoms with E-state index in [2.05, 4.69) is 5.32 Å². The normalized spacial score (nSPS) is 13.8. The predicted molar refractivity (Wildman–Crippen MR) is 99.2 cm³/mol. The topological polar surface area (TPSA) is 29.9 Å². The second-order valence-corrected chi connectivity index (χ2v) is 6.79. The third kappa shape index (κ3) is 3.40. The molecule has 0 atom stereocenters. The van der Waals surface area contributed by atoms with Crippen molar-refractivity contribution in [2.75, 3.05) is 11.9 Å². The molecule has 0 saturated heterocycles. The van der Waals surface area contributed by atoms with Crippen LogP contribution in [0.4, 0.5) is 10.2 Å². The Labute approximate surface area is 151 Å². The summed E-state index contributed by atoms with van der Waals surface area (Å²) in [5.41, 5.74) is 4.30. The van der Waals surface area contributed by atoms with Crippen molar-refractivity contribution < 1.29 is 4.39 Å². The molecule has 0 fully saturated rings. The van der Waals surface area contributed by atoms with Gasteiger partial charge in [0.25, 0.3) is 0 Å². The largest absolute Gasteiger partial charge is 0.370 e. The molecule has 2 heterocycles. The van der Waals surface area contributed by atoms with Crippen molar-refractivity contribution >= 4 is 17.4 Å². The zero-order chi connectivity index (χ0) is 17.2. The van der Waals surface area contributed by atoms with E-state index in [1.807, 2.05) is 41.1 Å². The average molecular weight is 356 g/mol. The Kier molecular flexibility index (Phi) is 4.45. The summed E-state index contributed by atoms with van der Waals surface area (Å²) in [6.45, 7) is 0.940. The maximum atomic E-state index is 13.2. The van der Waals surface area contributed by atoms with E-state index in [9.17, 15) is 4.39 Å². The lowest BCUT2D eigenvalue weighted by atomic mass is 10.0. The molecule has 1 aliphatic heterocycles. The van der Waals surface area contributed by atoms with Crippen LogP contribution in [0.2, 0.25) is 5.02 Å². The quantitative estimate of drug-likeness (QED) is 0.716. The number of halogens is 2. The van der Waals surface area contributed by atoms with Crippen LogP contribution in [-0.4, -0.2) is 16.3 Å². The Hall–Kier alpha value is -2.33. The van der Waals surface area contributed by atoms with Gasteiger partial charge in [-0.3, -0.25) is 0 Å². The van der Waals surface area contributed by atoms with Gasteiger partial charge in [0.1, 0.15) is 11.6 Å². The lowest BCUT2D eigenvalue weighted by molar-refractivity contribution is 0.627. The molecular weight excluding hydrogens is 337 g/mol. The van der Waals surface area contributed by atoms with E-state index in [1.165, 1.54) is 17.7 Å². The molecule has 0 bridgehead atoms. The fraction of sp³-hybridized carbons (Fsp3) is 0.250. The third-order valence-electron chi connectivity index (χ3n) is 4.55. The van der Waals surface area contributed by atoms with Crippen LogP contribution in [0.5, 0.6) is 0 Å². The fourth-order valence-corrected chi connectivity index (χ4v) is 3.49. The van der Waals surface area contributed by atoms with Crippen molar-refractivity contribution in [3.8, 4) is 5.69 Å². The first kappa shape index (κ1) is 16.2.